The number of aliphatic carboxylic acids is 1. The lowest BCUT2D eigenvalue weighted by atomic mass is 9.82. The van der Waals surface area contributed by atoms with E-state index in [-0.39, 0.29) is 5.92 Å². The van der Waals surface area contributed by atoms with E-state index >= 15 is 0 Å². The molecule has 0 spiro atoms. The van der Waals surface area contributed by atoms with Crippen LogP contribution in [0.4, 0.5) is 4.79 Å². The monoisotopic (exact) mass is 285 g/mol. The number of hydrogen-bond acceptors (Lipinski definition) is 4. The number of amides is 1. The van der Waals surface area contributed by atoms with E-state index in [0.717, 1.165) is 6.42 Å². The SMILES string of the molecule is CCC1CC(C(=O)O)C(C=O)N(C(=O)OC(C)(C)C)C1. The number of piperidine rings is 1. The van der Waals surface area contributed by atoms with Gasteiger partial charge in [0.2, 0.25) is 0 Å². The molecule has 1 heterocycles. The van der Waals surface area contributed by atoms with Crippen molar-refractivity contribution in [3.05, 3.63) is 0 Å². The molecule has 1 aliphatic heterocycles. The topological polar surface area (TPSA) is 83.9 Å². The number of likely N-dealkylation sites (tertiary alicyclic amines) is 1. The molecule has 1 fully saturated rings. The van der Waals surface area contributed by atoms with Crippen LogP contribution in [0.15, 0.2) is 0 Å². The van der Waals surface area contributed by atoms with Crippen molar-refractivity contribution in [2.75, 3.05) is 6.54 Å². The number of aldehydes is 1. The van der Waals surface area contributed by atoms with Crippen LogP contribution in [-0.4, -0.2) is 46.5 Å². The highest BCUT2D eigenvalue weighted by atomic mass is 16.6. The maximum absolute atomic E-state index is 12.2. The largest absolute Gasteiger partial charge is 0.481 e. The highest BCUT2D eigenvalue weighted by molar-refractivity contribution is 5.81. The molecule has 1 aliphatic rings. The van der Waals surface area contributed by atoms with Crippen LogP contribution in [0.2, 0.25) is 0 Å². The summed E-state index contributed by atoms with van der Waals surface area (Å²) in [5.41, 5.74) is -0.678. The van der Waals surface area contributed by atoms with Gasteiger partial charge < -0.3 is 14.6 Å². The average molecular weight is 285 g/mol. The number of carboxylic acid groups (broad SMARTS) is 1. The zero-order valence-electron chi connectivity index (χ0n) is 12.5. The van der Waals surface area contributed by atoms with E-state index in [0.29, 0.717) is 19.3 Å². The molecule has 1 amide bonds. The van der Waals surface area contributed by atoms with Crippen molar-refractivity contribution >= 4 is 18.3 Å². The second-order valence-electron chi connectivity index (χ2n) is 6.21. The van der Waals surface area contributed by atoms with Gasteiger partial charge in [0.15, 0.2) is 0 Å². The van der Waals surface area contributed by atoms with Crippen molar-refractivity contribution in [3.63, 3.8) is 0 Å². The number of carbonyl (C=O) groups excluding carboxylic acids is 2. The lowest BCUT2D eigenvalue weighted by Crippen LogP contribution is -2.55. The molecule has 20 heavy (non-hydrogen) atoms. The van der Waals surface area contributed by atoms with Gasteiger partial charge >= 0.3 is 12.1 Å². The molecule has 3 atom stereocenters. The molecule has 0 aromatic rings. The Labute approximate surface area is 119 Å². The van der Waals surface area contributed by atoms with Crippen LogP contribution in [0, 0.1) is 11.8 Å². The molecule has 1 N–H and O–H groups in total. The molecule has 114 valence electrons. The maximum Gasteiger partial charge on any atom is 0.410 e. The van der Waals surface area contributed by atoms with Gasteiger partial charge in [0, 0.05) is 6.54 Å². The van der Waals surface area contributed by atoms with E-state index in [2.05, 4.69) is 0 Å². The quantitative estimate of drug-likeness (QED) is 0.801. The fourth-order valence-electron chi connectivity index (χ4n) is 2.42. The first-order chi connectivity index (χ1) is 9.19. The average Bonchev–Trinajstić information content (AvgIpc) is 2.34. The third kappa shape index (κ3) is 3.95. The first kappa shape index (κ1) is 16.5. The number of carbonyl (C=O) groups is 3. The van der Waals surface area contributed by atoms with Gasteiger partial charge in [-0.25, -0.2) is 4.79 Å². The molecule has 1 rings (SSSR count). The van der Waals surface area contributed by atoms with Crippen LogP contribution in [0.25, 0.3) is 0 Å². The molecule has 0 radical (unpaired) electrons. The van der Waals surface area contributed by atoms with Gasteiger partial charge in [-0.3, -0.25) is 9.69 Å². The fraction of sp³-hybridized carbons (Fsp3) is 0.786. The van der Waals surface area contributed by atoms with E-state index in [1.165, 1.54) is 4.90 Å². The summed E-state index contributed by atoms with van der Waals surface area (Å²) in [6, 6.07) is -0.954. The first-order valence-corrected chi connectivity index (χ1v) is 6.87. The molecular formula is C14H23NO5. The van der Waals surface area contributed by atoms with Crippen LogP contribution in [0.1, 0.15) is 40.5 Å². The molecule has 0 aromatic heterocycles. The Hall–Kier alpha value is -1.59. The van der Waals surface area contributed by atoms with E-state index in [9.17, 15) is 19.5 Å². The van der Waals surface area contributed by atoms with E-state index in [1.54, 1.807) is 20.8 Å². The number of ether oxygens (including phenoxy) is 1. The summed E-state index contributed by atoms with van der Waals surface area (Å²) in [5.74, 6) is -1.84. The van der Waals surface area contributed by atoms with Crippen molar-refractivity contribution in [1.82, 2.24) is 4.90 Å². The van der Waals surface area contributed by atoms with Crippen LogP contribution < -0.4 is 0 Å². The molecule has 6 nitrogen and oxygen atoms in total. The number of rotatable bonds is 3. The predicted octanol–water partition coefficient (Wildman–Crippen LogP) is 1.92. The minimum atomic E-state index is -1.05. The maximum atomic E-state index is 12.2. The van der Waals surface area contributed by atoms with Crippen molar-refractivity contribution in [3.8, 4) is 0 Å². The third-order valence-corrected chi connectivity index (χ3v) is 3.48. The smallest absolute Gasteiger partial charge is 0.410 e. The normalized spacial score (nSPS) is 27.0. The molecule has 6 heteroatoms. The van der Waals surface area contributed by atoms with Gasteiger partial charge in [0.25, 0.3) is 0 Å². The highest BCUT2D eigenvalue weighted by Gasteiger charge is 2.43. The summed E-state index contributed by atoms with van der Waals surface area (Å²) >= 11 is 0. The van der Waals surface area contributed by atoms with Gasteiger partial charge in [0.1, 0.15) is 17.9 Å². The molecule has 0 saturated carbocycles. The highest BCUT2D eigenvalue weighted by Crippen LogP contribution is 2.30. The Morgan fingerprint density at radius 2 is 2.00 bits per heavy atom. The Kier molecular flexibility index (Phi) is 5.14. The van der Waals surface area contributed by atoms with Crippen LogP contribution in [0.5, 0.6) is 0 Å². The van der Waals surface area contributed by atoms with E-state index < -0.39 is 29.6 Å². The standard InChI is InChI=1S/C14H23NO5/c1-5-9-6-10(12(17)18)11(8-16)15(7-9)13(19)20-14(2,3)4/h8-11H,5-7H2,1-4H3,(H,17,18). The molecule has 0 aromatic carbocycles. The molecule has 0 aliphatic carbocycles. The predicted molar refractivity (Wildman–Crippen MR) is 72.3 cm³/mol. The Balaban J connectivity index is 2.97. The fourth-order valence-corrected chi connectivity index (χ4v) is 2.42. The Bertz CT molecular complexity index is 388. The summed E-state index contributed by atoms with van der Waals surface area (Å²) in [6.45, 7) is 7.50. The lowest BCUT2D eigenvalue weighted by molar-refractivity contribution is -0.148. The van der Waals surface area contributed by atoms with E-state index in [4.69, 9.17) is 4.74 Å². The summed E-state index contributed by atoms with van der Waals surface area (Å²) in [7, 11) is 0. The van der Waals surface area contributed by atoms with Crippen LogP contribution >= 0.6 is 0 Å². The van der Waals surface area contributed by atoms with Gasteiger partial charge in [-0.15, -0.1) is 0 Å². The summed E-state index contributed by atoms with van der Waals surface area (Å²) in [4.78, 5) is 36.0. The molecular weight excluding hydrogens is 262 g/mol. The third-order valence-electron chi connectivity index (χ3n) is 3.48. The number of hydrogen-bond donors (Lipinski definition) is 1. The summed E-state index contributed by atoms with van der Waals surface area (Å²) in [6.07, 6.45) is 1.08. The Morgan fingerprint density at radius 1 is 1.40 bits per heavy atom. The van der Waals surface area contributed by atoms with Gasteiger partial charge in [-0.05, 0) is 33.1 Å². The number of carboxylic acids is 1. The van der Waals surface area contributed by atoms with Crippen LogP contribution in [0.3, 0.4) is 0 Å². The molecule has 1 saturated heterocycles. The second kappa shape index (κ2) is 6.24. The zero-order chi connectivity index (χ0) is 15.5. The summed E-state index contributed by atoms with van der Waals surface area (Å²) in [5, 5.41) is 9.25. The van der Waals surface area contributed by atoms with Crippen molar-refractivity contribution < 1.29 is 24.2 Å². The van der Waals surface area contributed by atoms with Crippen molar-refractivity contribution in [2.24, 2.45) is 11.8 Å². The second-order valence-corrected chi connectivity index (χ2v) is 6.21. The van der Waals surface area contributed by atoms with Crippen molar-refractivity contribution in [2.45, 2.75) is 52.2 Å². The zero-order valence-corrected chi connectivity index (χ0v) is 12.5. The minimum absolute atomic E-state index is 0.0693. The van der Waals surface area contributed by atoms with Gasteiger partial charge in [-0.1, -0.05) is 13.3 Å². The lowest BCUT2D eigenvalue weighted by Gasteiger charge is -2.40. The number of nitrogens with zero attached hydrogens (tertiary/aromatic N) is 1. The minimum Gasteiger partial charge on any atom is -0.481 e. The van der Waals surface area contributed by atoms with Gasteiger partial charge in [0.05, 0.1) is 5.92 Å². The molecule has 3 unspecified atom stereocenters. The van der Waals surface area contributed by atoms with Crippen molar-refractivity contribution in [1.29, 1.82) is 0 Å². The first-order valence-electron chi connectivity index (χ1n) is 6.87. The van der Waals surface area contributed by atoms with Gasteiger partial charge in [-0.2, -0.15) is 0 Å². The molecule has 0 bridgehead atoms. The van der Waals surface area contributed by atoms with Crippen LogP contribution in [-0.2, 0) is 14.3 Å². The summed E-state index contributed by atoms with van der Waals surface area (Å²) < 4.78 is 5.27. The van der Waals surface area contributed by atoms with E-state index in [1.807, 2.05) is 6.92 Å². The Morgan fingerprint density at radius 3 is 2.40 bits per heavy atom.